The van der Waals surface area contributed by atoms with Gasteiger partial charge in [0.05, 0.1) is 0 Å². The molecule has 0 amide bonds. The Hall–Kier alpha value is -1.09. The molecule has 0 bridgehead atoms. The Kier molecular flexibility index (Phi) is 20.5. The van der Waals surface area contributed by atoms with Crippen molar-refractivity contribution in [2.24, 2.45) is 0 Å². The van der Waals surface area contributed by atoms with Crippen LogP contribution in [0.4, 0.5) is 0 Å². The third-order valence-electron chi connectivity index (χ3n) is 5.26. The van der Waals surface area contributed by atoms with Crippen molar-refractivity contribution >= 4 is 16.6 Å². The number of halogens is 2. The molecular weight excluding hydrogens is 507 g/mol. The molecule has 2 aliphatic rings. The van der Waals surface area contributed by atoms with Crippen molar-refractivity contribution in [3.63, 3.8) is 0 Å². The average molecular weight is 543 g/mol. The van der Waals surface area contributed by atoms with Crippen LogP contribution in [0.15, 0.2) is 96.1 Å². The van der Waals surface area contributed by atoms with Crippen molar-refractivity contribution in [1.29, 1.82) is 0 Å². The van der Waals surface area contributed by atoms with Crippen LogP contribution in [-0.2, 0) is 19.2 Å². The van der Waals surface area contributed by atoms with Crippen LogP contribution in [0.1, 0.15) is 65.2 Å². The summed E-state index contributed by atoms with van der Waals surface area (Å²) >= 11 is 2.34. The van der Waals surface area contributed by atoms with E-state index in [0.717, 1.165) is 12.8 Å². The standard InChI is InChI=1S/C12H10Si.2C9H13.2ClH.Ti/c1-3-7-11(8-4-1)13-12-9-5-2-6-10-12;2*1-2-3-6-9-7-4-5-8-9;;;/h1-10H;2*4,7H,2-3,5-6H2,1H3;2*1H;/q;2*-1;;;+2/p-2. The molecule has 180 valence electrons. The van der Waals surface area contributed by atoms with Crippen molar-refractivity contribution in [2.45, 2.75) is 65.2 Å². The van der Waals surface area contributed by atoms with E-state index in [2.05, 4.69) is 130 Å². The van der Waals surface area contributed by atoms with Crippen LogP contribution >= 0.6 is 0 Å². The van der Waals surface area contributed by atoms with E-state index in [9.17, 15) is 0 Å². The van der Waals surface area contributed by atoms with Crippen molar-refractivity contribution in [3.8, 4) is 0 Å². The van der Waals surface area contributed by atoms with Crippen LogP contribution < -0.4 is 35.2 Å². The minimum atomic E-state index is -0.545. The monoisotopic (exact) mass is 542 g/mol. The van der Waals surface area contributed by atoms with E-state index in [4.69, 9.17) is 0 Å². The molecule has 4 heteroatoms. The fourth-order valence-electron chi connectivity index (χ4n) is 3.35. The van der Waals surface area contributed by atoms with Gasteiger partial charge in [0.2, 0.25) is 0 Å². The van der Waals surface area contributed by atoms with Crippen LogP contribution in [0.5, 0.6) is 0 Å². The molecule has 0 fully saturated rings. The van der Waals surface area contributed by atoms with Gasteiger partial charge in [0.15, 0.2) is 0 Å². The molecule has 34 heavy (non-hydrogen) atoms. The Morgan fingerprint density at radius 2 is 1.06 bits per heavy atom. The van der Waals surface area contributed by atoms with Gasteiger partial charge in [-0.3, -0.25) is 12.2 Å². The third-order valence-corrected chi connectivity index (χ3v) is 9.78. The first kappa shape index (κ1) is 32.9. The van der Waals surface area contributed by atoms with E-state index in [0.29, 0.717) is 0 Å². The number of allylic oxidation sites excluding steroid dienone is 8. The van der Waals surface area contributed by atoms with Crippen LogP contribution in [0, 0.1) is 12.2 Å². The second kappa shape index (κ2) is 21.2. The van der Waals surface area contributed by atoms with Gasteiger partial charge in [0, 0.05) is 0 Å². The summed E-state index contributed by atoms with van der Waals surface area (Å²) in [7, 11) is 0. The van der Waals surface area contributed by atoms with Crippen LogP contribution in [-0.4, -0.2) is 6.19 Å². The summed E-state index contributed by atoms with van der Waals surface area (Å²) in [6, 6.07) is 21.5. The van der Waals surface area contributed by atoms with E-state index in [1.807, 2.05) is 0 Å². The molecule has 4 rings (SSSR count). The minimum absolute atomic E-state index is 0. The summed E-state index contributed by atoms with van der Waals surface area (Å²) in [5, 5.41) is 2.95. The first-order valence-corrected chi connectivity index (χ1v) is 15.8. The molecule has 0 spiro atoms. The zero-order valence-corrected chi connectivity index (χ0v) is 24.6. The van der Waals surface area contributed by atoms with E-state index in [1.165, 1.54) is 60.0 Å². The van der Waals surface area contributed by atoms with Gasteiger partial charge >= 0.3 is 96.4 Å². The number of unbranched alkanes of at least 4 members (excludes halogenated alkanes) is 2. The number of benzene rings is 2. The number of hydrogen-bond donors (Lipinski definition) is 0. The number of hydrogen-bond acceptors (Lipinski definition) is 0. The molecule has 0 radical (unpaired) electrons. The van der Waals surface area contributed by atoms with Crippen molar-refractivity contribution in [1.82, 2.24) is 0 Å². The molecule has 0 aliphatic heterocycles. The molecular formula is C30H36Cl2SiTi-2. The average Bonchev–Trinajstić information content (AvgIpc) is 3.57. The van der Waals surface area contributed by atoms with Crippen molar-refractivity contribution < 1.29 is 44.0 Å². The SMILES string of the molecule is CCCCC1=[C-]CC=C1.CCCCC1=[C-]CC=C1.[Cl-].[Cl-].[Ti+2]=[Si](c1ccccc1)c1ccccc1. The summed E-state index contributed by atoms with van der Waals surface area (Å²) in [6.45, 7) is 4.44. The molecule has 2 aliphatic carbocycles. The van der Waals surface area contributed by atoms with Gasteiger partial charge in [-0.25, -0.2) is 23.3 Å². The fraction of sp³-hybridized carbons (Fsp3) is 0.333. The zero-order valence-electron chi connectivity index (χ0n) is 20.5. The van der Waals surface area contributed by atoms with Gasteiger partial charge < -0.3 is 24.8 Å². The molecule has 0 N–H and O–H groups in total. The Balaban J connectivity index is 0.000000485. The van der Waals surface area contributed by atoms with Gasteiger partial charge in [0.25, 0.3) is 0 Å². The molecule has 0 heterocycles. The summed E-state index contributed by atoms with van der Waals surface area (Å²) < 4.78 is 0. The van der Waals surface area contributed by atoms with Gasteiger partial charge in [-0.05, 0) is 0 Å². The van der Waals surface area contributed by atoms with Gasteiger partial charge in [-0.15, -0.1) is 12.8 Å². The molecule has 2 aromatic rings. The second-order valence-electron chi connectivity index (χ2n) is 7.93. The summed E-state index contributed by atoms with van der Waals surface area (Å²) in [6.07, 6.45) is 24.5. The predicted molar refractivity (Wildman–Crippen MR) is 138 cm³/mol. The third kappa shape index (κ3) is 13.7. The first-order chi connectivity index (χ1) is 15.7. The summed E-state index contributed by atoms with van der Waals surface area (Å²) in [5.41, 5.74) is 2.83. The summed E-state index contributed by atoms with van der Waals surface area (Å²) in [5.74, 6) is 0. The first-order valence-electron chi connectivity index (χ1n) is 12.0. The quantitative estimate of drug-likeness (QED) is 0.346. The van der Waals surface area contributed by atoms with E-state index >= 15 is 0 Å². The molecule has 0 saturated heterocycles. The van der Waals surface area contributed by atoms with Crippen LogP contribution in [0.25, 0.3) is 0 Å². The van der Waals surface area contributed by atoms with E-state index < -0.39 is 6.19 Å². The predicted octanol–water partition coefficient (Wildman–Crippen LogP) is 1.08. The van der Waals surface area contributed by atoms with Crippen molar-refractivity contribution in [2.75, 3.05) is 0 Å². The summed E-state index contributed by atoms with van der Waals surface area (Å²) in [4.78, 5) is 0. The molecule has 0 nitrogen and oxygen atoms in total. The zero-order chi connectivity index (χ0) is 22.9. The Morgan fingerprint density at radius 1 is 0.676 bits per heavy atom. The maximum atomic E-state index is 3.30. The maximum absolute atomic E-state index is 3.30. The Labute approximate surface area is 232 Å². The molecule has 0 aromatic heterocycles. The van der Waals surface area contributed by atoms with Crippen LogP contribution in [0.3, 0.4) is 0 Å². The Bertz CT molecular complexity index is 840. The van der Waals surface area contributed by atoms with Crippen LogP contribution in [0.2, 0.25) is 0 Å². The van der Waals surface area contributed by atoms with E-state index in [-0.39, 0.29) is 24.8 Å². The molecule has 2 aromatic carbocycles. The number of rotatable bonds is 8. The van der Waals surface area contributed by atoms with E-state index in [1.54, 1.807) is 0 Å². The molecule has 0 unspecified atom stereocenters. The van der Waals surface area contributed by atoms with Crippen molar-refractivity contribution in [3.05, 3.63) is 108 Å². The van der Waals surface area contributed by atoms with Gasteiger partial charge in [-0.2, -0.15) is 12.2 Å². The fourth-order valence-corrected chi connectivity index (χ4v) is 6.30. The van der Waals surface area contributed by atoms with Gasteiger partial charge in [0.1, 0.15) is 0 Å². The normalized spacial score (nSPS) is 12.7. The second-order valence-corrected chi connectivity index (χ2v) is 12.2. The molecule has 0 atom stereocenters. The topological polar surface area (TPSA) is 0 Å². The Morgan fingerprint density at radius 3 is 1.35 bits per heavy atom. The van der Waals surface area contributed by atoms with Gasteiger partial charge in [-0.1, -0.05) is 52.4 Å². The molecule has 0 saturated carbocycles.